The van der Waals surface area contributed by atoms with Crippen molar-refractivity contribution in [1.82, 2.24) is 0 Å². The standard InChI is InChI=1S/C11H14F2N2O2S/c12-11(13)18(16,17)15-7-8(5-6-14)9-3-1-2-4-10(9)15/h1-4,8,11H,5-7,14H2. The van der Waals surface area contributed by atoms with E-state index in [1.807, 2.05) is 0 Å². The Balaban J connectivity index is 2.43. The summed E-state index contributed by atoms with van der Waals surface area (Å²) in [6.07, 6.45) is 0.576. The topological polar surface area (TPSA) is 63.4 Å². The van der Waals surface area contributed by atoms with Gasteiger partial charge in [-0.15, -0.1) is 0 Å². The van der Waals surface area contributed by atoms with E-state index >= 15 is 0 Å². The monoisotopic (exact) mass is 276 g/mol. The second-order valence-electron chi connectivity index (χ2n) is 4.17. The van der Waals surface area contributed by atoms with E-state index in [9.17, 15) is 17.2 Å². The molecule has 2 N–H and O–H groups in total. The lowest BCUT2D eigenvalue weighted by Gasteiger charge is -2.19. The number of halogens is 2. The van der Waals surface area contributed by atoms with Gasteiger partial charge >= 0.3 is 5.76 Å². The van der Waals surface area contributed by atoms with Crippen LogP contribution in [0.4, 0.5) is 14.5 Å². The first kappa shape index (κ1) is 13.2. The third-order valence-corrected chi connectivity index (χ3v) is 4.49. The molecule has 0 spiro atoms. The van der Waals surface area contributed by atoms with Crippen molar-refractivity contribution >= 4 is 15.7 Å². The van der Waals surface area contributed by atoms with E-state index in [-0.39, 0.29) is 12.5 Å². The van der Waals surface area contributed by atoms with Gasteiger partial charge in [0.05, 0.1) is 5.69 Å². The third kappa shape index (κ3) is 2.08. The summed E-state index contributed by atoms with van der Waals surface area (Å²) in [6, 6.07) is 6.71. The molecule has 1 unspecified atom stereocenters. The van der Waals surface area contributed by atoms with Gasteiger partial charge in [-0.25, -0.2) is 8.42 Å². The number of fused-ring (bicyclic) bond motifs is 1. The molecule has 2 rings (SSSR count). The molecule has 0 fully saturated rings. The lowest BCUT2D eigenvalue weighted by molar-refractivity contribution is 0.234. The molecule has 0 aliphatic carbocycles. The van der Waals surface area contributed by atoms with Crippen molar-refractivity contribution in [3.05, 3.63) is 29.8 Å². The van der Waals surface area contributed by atoms with E-state index in [0.717, 1.165) is 9.87 Å². The number of nitrogens with two attached hydrogens (primary N) is 1. The number of anilines is 1. The number of rotatable bonds is 4. The molecule has 1 aromatic rings. The van der Waals surface area contributed by atoms with E-state index in [1.165, 1.54) is 0 Å². The van der Waals surface area contributed by atoms with Crippen molar-refractivity contribution in [2.45, 2.75) is 18.1 Å². The van der Waals surface area contributed by atoms with Crippen LogP contribution >= 0.6 is 0 Å². The Morgan fingerprint density at radius 3 is 2.67 bits per heavy atom. The largest absolute Gasteiger partial charge is 0.355 e. The Kier molecular flexibility index (Phi) is 3.54. The predicted molar refractivity (Wildman–Crippen MR) is 65.1 cm³/mol. The SMILES string of the molecule is NCCC1CN(S(=O)(=O)C(F)F)c2ccccc21. The Hall–Kier alpha value is -1.21. The number of para-hydroxylation sites is 1. The van der Waals surface area contributed by atoms with E-state index in [0.29, 0.717) is 18.7 Å². The van der Waals surface area contributed by atoms with Crippen LogP contribution in [0.2, 0.25) is 0 Å². The van der Waals surface area contributed by atoms with Crippen LogP contribution in [0.1, 0.15) is 17.9 Å². The minimum atomic E-state index is -4.58. The summed E-state index contributed by atoms with van der Waals surface area (Å²) in [6.45, 7) is 0.435. The zero-order valence-corrected chi connectivity index (χ0v) is 10.4. The lowest BCUT2D eigenvalue weighted by atomic mass is 9.98. The second-order valence-corrected chi connectivity index (χ2v) is 6.00. The van der Waals surface area contributed by atoms with Crippen molar-refractivity contribution in [3.63, 3.8) is 0 Å². The van der Waals surface area contributed by atoms with Crippen molar-refractivity contribution in [1.29, 1.82) is 0 Å². The van der Waals surface area contributed by atoms with Crippen LogP contribution < -0.4 is 10.0 Å². The molecule has 0 saturated heterocycles. The first-order chi connectivity index (χ1) is 8.48. The Bertz CT molecular complexity index is 534. The maximum absolute atomic E-state index is 12.6. The van der Waals surface area contributed by atoms with Gasteiger partial charge in [0, 0.05) is 12.5 Å². The van der Waals surface area contributed by atoms with Crippen LogP contribution in [0.15, 0.2) is 24.3 Å². The Labute approximate surface area is 104 Å². The van der Waals surface area contributed by atoms with Gasteiger partial charge in [-0.05, 0) is 24.6 Å². The fourth-order valence-electron chi connectivity index (χ4n) is 2.24. The minimum absolute atomic E-state index is 0.0449. The maximum Gasteiger partial charge on any atom is 0.355 e. The van der Waals surface area contributed by atoms with Crippen LogP contribution in [-0.4, -0.2) is 27.3 Å². The van der Waals surface area contributed by atoms with Crippen LogP contribution in [0, 0.1) is 0 Å². The Morgan fingerprint density at radius 2 is 2.06 bits per heavy atom. The smallest absolute Gasteiger partial charge is 0.330 e. The average molecular weight is 276 g/mol. The summed E-state index contributed by atoms with van der Waals surface area (Å²) in [5.41, 5.74) is 6.58. The van der Waals surface area contributed by atoms with Gasteiger partial charge in [-0.1, -0.05) is 18.2 Å². The van der Waals surface area contributed by atoms with E-state index < -0.39 is 15.8 Å². The van der Waals surface area contributed by atoms with Crippen molar-refractivity contribution in [2.75, 3.05) is 17.4 Å². The van der Waals surface area contributed by atoms with Crippen LogP contribution in [0.3, 0.4) is 0 Å². The summed E-state index contributed by atoms with van der Waals surface area (Å²) >= 11 is 0. The fourth-order valence-corrected chi connectivity index (χ4v) is 3.26. The van der Waals surface area contributed by atoms with E-state index in [4.69, 9.17) is 5.73 Å². The highest BCUT2D eigenvalue weighted by Crippen LogP contribution is 2.40. The second kappa shape index (κ2) is 4.81. The molecule has 0 aromatic heterocycles. The number of nitrogens with zero attached hydrogens (tertiary/aromatic N) is 1. The normalized spacial score (nSPS) is 19.3. The summed E-state index contributed by atoms with van der Waals surface area (Å²) < 4.78 is 49.2. The number of sulfonamides is 1. The van der Waals surface area contributed by atoms with Crippen LogP contribution in [0.25, 0.3) is 0 Å². The number of alkyl halides is 2. The fraction of sp³-hybridized carbons (Fsp3) is 0.455. The highest BCUT2D eigenvalue weighted by molar-refractivity contribution is 7.93. The molecule has 100 valence electrons. The zero-order chi connectivity index (χ0) is 13.3. The molecule has 1 aliphatic heterocycles. The first-order valence-corrected chi connectivity index (χ1v) is 7.07. The molecule has 1 atom stereocenters. The quantitative estimate of drug-likeness (QED) is 0.906. The maximum atomic E-state index is 12.6. The van der Waals surface area contributed by atoms with Gasteiger partial charge in [-0.3, -0.25) is 4.31 Å². The minimum Gasteiger partial charge on any atom is -0.330 e. The molecule has 1 heterocycles. The van der Waals surface area contributed by atoms with E-state index in [2.05, 4.69) is 0 Å². The number of hydrogen-bond donors (Lipinski definition) is 1. The third-order valence-electron chi connectivity index (χ3n) is 3.08. The van der Waals surface area contributed by atoms with Crippen molar-refractivity contribution < 1.29 is 17.2 Å². The molecule has 0 saturated carbocycles. The average Bonchev–Trinajstić information content (AvgIpc) is 2.70. The van der Waals surface area contributed by atoms with Crippen molar-refractivity contribution in [3.8, 4) is 0 Å². The zero-order valence-electron chi connectivity index (χ0n) is 9.59. The number of benzene rings is 1. The summed E-state index contributed by atoms with van der Waals surface area (Å²) in [5.74, 6) is -3.51. The Morgan fingerprint density at radius 1 is 1.39 bits per heavy atom. The van der Waals surface area contributed by atoms with Gasteiger partial charge in [-0.2, -0.15) is 8.78 Å². The van der Waals surface area contributed by atoms with Gasteiger partial charge in [0.1, 0.15) is 0 Å². The van der Waals surface area contributed by atoms with Gasteiger partial charge in [0.25, 0.3) is 10.0 Å². The molecule has 0 amide bonds. The number of hydrogen-bond acceptors (Lipinski definition) is 3. The van der Waals surface area contributed by atoms with Gasteiger partial charge in [0.2, 0.25) is 0 Å². The molecule has 4 nitrogen and oxygen atoms in total. The molecule has 7 heteroatoms. The molecular weight excluding hydrogens is 262 g/mol. The molecule has 0 bridgehead atoms. The summed E-state index contributed by atoms with van der Waals surface area (Å²) in [7, 11) is -4.58. The predicted octanol–water partition coefficient (Wildman–Crippen LogP) is 1.49. The van der Waals surface area contributed by atoms with Gasteiger partial charge in [0.15, 0.2) is 0 Å². The van der Waals surface area contributed by atoms with Crippen molar-refractivity contribution in [2.24, 2.45) is 5.73 Å². The molecule has 1 aliphatic rings. The highest BCUT2D eigenvalue weighted by atomic mass is 32.2. The summed E-state index contributed by atoms with van der Waals surface area (Å²) in [4.78, 5) is 0. The molecule has 18 heavy (non-hydrogen) atoms. The lowest BCUT2D eigenvalue weighted by Crippen LogP contribution is -2.34. The highest BCUT2D eigenvalue weighted by Gasteiger charge is 2.39. The first-order valence-electron chi connectivity index (χ1n) is 5.57. The van der Waals surface area contributed by atoms with Gasteiger partial charge < -0.3 is 5.73 Å². The van der Waals surface area contributed by atoms with E-state index in [1.54, 1.807) is 24.3 Å². The van der Waals surface area contributed by atoms with Crippen LogP contribution in [-0.2, 0) is 10.0 Å². The molecule has 0 radical (unpaired) electrons. The molecule has 1 aromatic carbocycles. The summed E-state index contributed by atoms with van der Waals surface area (Å²) in [5, 5.41) is 0. The molecular formula is C11H14F2N2O2S. The van der Waals surface area contributed by atoms with Crippen LogP contribution in [0.5, 0.6) is 0 Å².